The lowest BCUT2D eigenvalue weighted by atomic mass is 10.2. The third kappa shape index (κ3) is 1.47. The van der Waals surface area contributed by atoms with Crippen molar-refractivity contribution in [3.05, 3.63) is 0 Å². The van der Waals surface area contributed by atoms with Crippen LogP contribution in [0.3, 0.4) is 0 Å². The van der Waals surface area contributed by atoms with E-state index in [1.165, 1.54) is 0 Å². The lowest BCUT2D eigenvalue weighted by Gasteiger charge is -2.21. The zero-order chi connectivity index (χ0) is 8.55. The van der Waals surface area contributed by atoms with E-state index >= 15 is 0 Å². The van der Waals surface area contributed by atoms with Crippen molar-refractivity contribution >= 4 is 0 Å². The van der Waals surface area contributed by atoms with Gasteiger partial charge >= 0.3 is 0 Å². The van der Waals surface area contributed by atoms with Crippen LogP contribution in [0.5, 0.6) is 0 Å². The van der Waals surface area contributed by atoms with Crippen molar-refractivity contribution in [2.75, 3.05) is 26.2 Å². The van der Waals surface area contributed by atoms with Crippen LogP contribution in [-0.2, 0) is 0 Å². The molecule has 70 valence electrons. The number of hydrogen-bond donors (Lipinski definition) is 3. The Morgan fingerprint density at radius 1 is 1.17 bits per heavy atom. The van der Waals surface area contributed by atoms with Crippen LogP contribution in [0.25, 0.3) is 0 Å². The third-order valence-electron chi connectivity index (χ3n) is 2.84. The van der Waals surface area contributed by atoms with Crippen molar-refractivity contribution in [2.24, 2.45) is 0 Å². The van der Waals surface area contributed by atoms with Crippen molar-refractivity contribution in [3.8, 4) is 0 Å². The van der Waals surface area contributed by atoms with Crippen LogP contribution in [0.2, 0.25) is 0 Å². The maximum Gasteiger partial charge on any atom is 0.0938 e. The molecule has 0 bridgehead atoms. The molecule has 0 aromatic heterocycles. The molecule has 12 heavy (non-hydrogen) atoms. The van der Waals surface area contributed by atoms with Crippen LogP contribution in [0, 0.1) is 0 Å². The van der Waals surface area contributed by atoms with Crippen LogP contribution in [0.1, 0.15) is 6.42 Å². The summed E-state index contributed by atoms with van der Waals surface area (Å²) >= 11 is 0. The van der Waals surface area contributed by atoms with E-state index in [1.807, 2.05) is 0 Å². The Hall–Kier alpha value is -0.160. The number of rotatable bonds is 1. The van der Waals surface area contributed by atoms with E-state index in [9.17, 15) is 10.2 Å². The van der Waals surface area contributed by atoms with E-state index in [-0.39, 0.29) is 0 Å². The second-order valence-electron chi connectivity index (χ2n) is 3.74. The molecule has 2 heterocycles. The summed E-state index contributed by atoms with van der Waals surface area (Å²) in [5.41, 5.74) is 0. The summed E-state index contributed by atoms with van der Waals surface area (Å²) < 4.78 is 0. The van der Waals surface area contributed by atoms with Gasteiger partial charge in [0.05, 0.1) is 12.2 Å². The number of aliphatic hydroxyl groups excluding tert-OH is 2. The van der Waals surface area contributed by atoms with Gasteiger partial charge in [-0.25, -0.2) is 0 Å². The second kappa shape index (κ2) is 3.30. The molecule has 2 saturated heterocycles. The van der Waals surface area contributed by atoms with E-state index in [0.717, 1.165) is 19.5 Å². The predicted octanol–water partition coefficient (Wildman–Crippen LogP) is -1.61. The summed E-state index contributed by atoms with van der Waals surface area (Å²) in [7, 11) is 0. The Balaban J connectivity index is 1.89. The van der Waals surface area contributed by atoms with E-state index in [0.29, 0.717) is 19.1 Å². The second-order valence-corrected chi connectivity index (χ2v) is 3.74. The highest BCUT2D eigenvalue weighted by Crippen LogP contribution is 2.16. The van der Waals surface area contributed by atoms with Gasteiger partial charge < -0.3 is 15.5 Å². The maximum atomic E-state index is 9.32. The maximum absolute atomic E-state index is 9.32. The Morgan fingerprint density at radius 3 is 2.33 bits per heavy atom. The van der Waals surface area contributed by atoms with Crippen LogP contribution in [-0.4, -0.2) is 59.5 Å². The molecule has 0 aromatic carbocycles. The van der Waals surface area contributed by atoms with Gasteiger partial charge in [0.15, 0.2) is 0 Å². The van der Waals surface area contributed by atoms with Crippen molar-refractivity contribution in [1.29, 1.82) is 0 Å². The van der Waals surface area contributed by atoms with Gasteiger partial charge in [-0.15, -0.1) is 0 Å². The fourth-order valence-corrected chi connectivity index (χ4v) is 2.05. The number of hydrogen-bond acceptors (Lipinski definition) is 4. The highest BCUT2D eigenvalue weighted by Gasteiger charge is 2.34. The largest absolute Gasteiger partial charge is 0.389 e. The molecule has 0 saturated carbocycles. The van der Waals surface area contributed by atoms with E-state index in [4.69, 9.17) is 0 Å². The van der Waals surface area contributed by atoms with Crippen molar-refractivity contribution in [1.82, 2.24) is 10.2 Å². The zero-order valence-electron chi connectivity index (χ0n) is 7.11. The van der Waals surface area contributed by atoms with Crippen LogP contribution >= 0.6 is 0 Å². The zero-order valence-corrected chi connectivity index (χ0v) is 7.11. The summed E-state index contributed by atoms with van der Waals surface area (Å²) in [6.45, 7) is 3.33. The third-order valence-corrected chi connectivity index (χ3v) is 2.84. The van der Waals surface area contributed by atoms with Gasteiger partial charge in [-0.3, -0.25) is 4.90 Å². The highest BCUT2D eigenvalue weighted by atomic mass is 16.3. The topological polar surface area (TPSA) is 55.7 Å². The average molecular weight is 172 g/mol. The van der Waals surface area contributed by atoms with Crippen LogP contribution in [0.15, 0.2) is 0 Å². The van der Waals surface area contributed by atoms with Gasteiger partial charge in [-0.05, 0) is 13.0 Å². The van der Waals surface area contributed by atoms with Crippen LogP contribution in [0.4, 0.5) is 0 Å². The van der Waals surface area contributed by atoms with Gasteiger partial charge in [-0.2, -0.15) is 0 Å². The minimum Gasteiger partial charge on any atom is -0.389 e. The highest BCUT2D eigenvalue weighted by molar-refractivity contribution is 4.90. The molecule has 2 fully saturated rings. The van der Waals surface area contributed by atoms with Gasteiger partial charge in [0.25, 0.3) is 0 Å². The summed E-state index contributed by atoms with van der Waals surface area (Å²) in [4.78, 5) is 2.18. The van der Waals surface area contributed by atoms with Crippen molar-refractivity contribution < 1.29 is 10.2 Å². The Kier molecular flexibility index (Phi) is 2.32. The van der Waals surface area contributed by atoms with E-state index in [1.54, 1.807) is 0 Å². The molecule has 0 aliphatic carbocycles. The monoisotopic (exact) mass is 172 g/mol. The molecular formula is C8H16N2O2. The summed E-state index contributed by atoms with van der Waals surface area (Å²) in [5.74, 6) is 0. The fraction of sp³-hybridized carbons (Fsp3) is 1.00. The number of β-amino-alcohol motifs (C(OH)–C–C–N with tert-alkyl or cyclic N) is 2. The molecule has 2 rings (SSSR count). The van der Waals surface area contributed by atoms with E-state index in [2.05, 4.69) is 10.2 Å². The van der Waals surface area contributed by atoms with Crippen molar-refractivity contribution in [3.63, 3.8) is 0 Å². The lowest BCUT2D eigenvalue weighted by Crippen LogP contribution is -2.35. The normalized spacial score (nSPS) is 44.0. The minimum atomic E-state index is -0.536. The predicted molar refractivity (Wildman–Crippen MR) is 44.9 cm³/mol. The van der Waals surface area contributed by atoms with E-state index < -0.39 is 12.2 Å². The van der Waals surface area contributed by atoms with Gasteiger partial charge in [0.2, 0.25) is 0 Å². The lowest BCUT2D eigenvalue weighted by molar-refractivity contribution is 0.0572. The van der Waals surface area contributed by atoms with Gasteiger partial charge in [0.1, 0.15) is 0 Å². The van der Waals surface area contributed by atoms with Crippen molar-refractivity contribution in [2.45, 2.75) is 24.7 Å². The smallest absolute Gasteiger partial charge is 0.0938 e. The first-order valence-electron chi connectivity index (χ1n) is 4.58. The molecule has 0 amide bonds. The summed E-state index contributed by atoms with van der Waals surface area (Å²) in [6.07, 6.45) is 0.0654. The first kappa shape index (κ1) is 8.44. The standard InChI is InChI=1S/C8H16N2O2/c11-7-4-10(5-8(7)12)6-1-2-9-3-6/h6-9,11-12H,1-5H2. The molecule has 0 spiro atoms. The summed E-state index contributed by atoms with van der Waals surface area (Å²) in [5, 5.41) is 21.9. The molecular weight excluding hydrogens is 156 g/mol. The molecule has 4 heteroatoms. The SMILES string of the molecule is OC1CN(C2CCNC2)CC1O. The minimum absolute atomic E-state index is 0.525. The van der Waals surface area contributed by atoms with Crippen LogP contribution < -0.4 is 5.32 Å². The Labute approximate surface area is 72.2 Å². The molecule has 2 aliphatic heterocycles. The first-order valence-corrected chi connectivity index (χ1v) is 4.58. The molecule has 0 aromatic rings. The quantitative estimate of drug-likeness (QED) is 0.445. The first-order chi connectivity index (χ1) is 5.77. The Morgan fingerprint density at radius 2 is 1.83 bits per heavy atom. The molecule has 3 unspecified atom stereocenters. The molecule has 3 N–H and O–H groups in total. The number of nitrogens with zero attached hydrogens (tertiary/aromatic N) is 1. The number of nitrogens with one attached hydrogen (secondary N) is 1. The number of aliphatic hydroxyl groups is 2. The molecule has 0 radical (unpaired) electrons. The Bertz CT molecular complexity index is 149. The fourth-order valence-electron chi connectivity index (χ4n) is 2.05. The average Bonchev–Trinajstić information content (AvgIpc) is 2.61. The molecule has 3 atom stereocenters. The molecule has 4 nitrogen and oxygen atoms in total. The van der Waals surface area contributed by atoms with Gasteiger partial charge in [-0.1, -0.05) is 0 Å². The van der Waals surface area contributed by atoms with Gasteiger partial charge in [0, 0.05) is 25.7 Å². The molecule has 2 aliphatic rings. The summed E-state index contributed by atoms with van der Waals surface area (Å²) in [6, 6.07) is 0.525. The number of likely N-dealkylation sites (tertiary alicyclic amines) is 1.